The predicted octanol–water partition coefficient (Wildman–Crippen LogP) is 0.948. The van der Waals surface area contributed by atoms with Crippen LogP contribution in [-0.4, -0.2) is 0 Å². The van der Waals surface area contributed by atoms with Gasteiger partial charge in [-0.05, 0) is 36.1 Å². The molecule has 24 heavy (non-hydrogen) atoms. The number of aromatic nitrogens is 2. The van der Waals surface area contributed by atoms with Crippen molar-refractivity contribution in [2.45, 2.75) is 25.7 Å². The smallest absolute Gasteiger partial charge is 0.195 e. The number of fused-ring (bicyclic) bond motifs is 2. The van der Waals surface area contributed by atoms with Crippen molar-refractivity contribution in [3.63, 3.8) is 0 Å². The van der Waals surface area contributed by atoms with E-state index in [2.05, 4.69) is 72.1 Å². The summed E-state index contributed by atoms with van der Waals surface area (Å²) in [5.41, 5.74) is 2.67. The van der Waals surface area contributed by atoms with E-state index in [1.165, 1.54) is 32.3 Å². The van der Waals surface area contributed by atoms with Crippen LogP contribution in [0.25, 0.3) is 35.7 Å². The van der Waals surface area contributed by atoms with Gasteiger partial charge in [-0.1, -0.05) is 24.3 Å². The molecule has 0 amide bonds. The average molecular weight is 546 g/mol. The van der Waals surface area contributed by atoms with E-state index >= 15 is 0 Å². The Kier molecular flexibility index (Phi) is 6.59. The highest BCUT2D eigenvalue weighted by molar-refractivity contribution is 14.0. The number of pyridine rings is 2. The Hall–Kier alpha value is -0.760. The first-order valence-corrected chi connectivity index (χ1v) is 8.14. The molecule has 0 saturated heterocycles. The zero-order chi connectivity index (χ0) is 15.1. The lowest BCUT2D eigenvalue weighted by molar-refractivity contribution is -0.691. The maximum Gasteiger partial charge on any atom is 0.285 e. The van der Waals surface area contributed by atoms with Crippen LogP contribution < -0.4 is 30.0 Å². The molecule has 0 unspecified atom stereocenters. The highest BCUT2D eigenvalue weighted by atomic mass is 127. The second-order valence-electron chi connectivity index (χ2n) is 6.26. The molecule has 0 aliphatic heterocycles. The fourth-order valence-corrected chi connectivity index (χ4v) is 3.67. The third kappa shape index (κ3) is 3.31. The van der Waals surface area contributed by atoms with Gasteiger partial charge in [-0.3, -0.25) is 0 Å². The summed E-state index contributed by atoms with van der Waals surface area (Å²) >= 11 is 0. The first kappa shape index (κ1) is 19.6. The molecule has 2 aliphatic rings. The SMILES string of the molecule is C[n+]1ccc2c(c1-c1c3c(cc[n+]1C)=CCCC=3)=CCCC=2.I.I. The van der Waals surface area contributed by atoms with Gasteiger partial charge >= 0.3 is 0 Å². The maximum atomic E-state index is 2.40. The Morgan fingerprint density at radius 1 is 0.625 bits per heavy atom. The molecule has 2 aromatic heterocycles. The average Bonchev–Trinajstić information content (AvgIpc) is 2.56. The molecule has 0 saturated carbocycles. The largest absolute Gasteiger partial charge is 0.285 e. The second-order valence-corrected chi connectivity index (χ2v) is 6.26. The minimum atomic E-state index is 0. The van der Waals surface area contributed by atoms with Gasteiger partial charge in [-0.25, -0.2) is 0 Å². The molecule has 0 fully saturated rings. The Bertz CT molecular complexity index is 924. The van der Waals surface area contributed by atoms with Crippen molar-refractivity contribution >= 4 is 72.3 Å². The molecule has 0 aromatic carbocycles. The van der Waals surface area contributed by atoms with E-state index in [1.54, 1.807) is 0 Å². The minimum Gasteiger partial charge on any atom is -0.195 e. The Labute approximate surface area is 177 Å². The van der Waals surface area contributed by atoms with E-state index in [0.29, 0.717) is 0 Å². The standard InChI is InChI=1S/C20H22N2.2HI/c1-21-13-11-15-7-3-5-9-17(15)19(21)20-18-10-6-4-8-16(18)12-14-22(20)2;;/h7-14H,3-6H2,1-2H3;2*1H/q+2;;. The van der Waals surface area contributed by atoms with Crippen LogP contribution in [0.2, 0.25) is 0 Å². The van der Waals surface area contributed by atoms with Gasteiger partial charge in [-0.15, -0.1) is 48.0 Å². The molecule has 0 atom stereocenters. The van der Waals surface area contributed by atoms with Crippen LogP contribution in [0.15, 0.2) is 24.5 Å². The molecule has 2 heterocycles. The monoisotopic (exact) mass is 546 g/mol. The summed E-state index contributed by atoms with van der Waals surface area (Å²) in [7, 11) is 4.31. The number of halogens is 2. The summed E-state index contributed by atoms with van der Waals surface area (Å²) in [6.45, 7) is 0. The Morgan fingerprint density at radius 3 is 1.42 bits per heavy atom. The normalized spacial score (nSPS) is 14.2. The minimum absolute atomic E-state index is 0. The summed E-state index contributed by atoms with van der Waals surface area (Å²) in [4.78, 5) is 0. The van der Waals surface area contributed by atoms with E-state index in [1.807, 2.05) is 0 Å². The highest BCUT2D eigenvalue weighted by Crippen LogP contribution is 2.04. The van der Waals surface area contributed by atoms with Gasteiger partial charge in [0.2, 0.25) is 0 Å². The van der Waals surface area contributed by atoms with Crippen molar-refractivity contribution in [1.29, 1.82) is 0 Å². The van der Waals surface area contributed by atoms with Crippen molar-refractivity contribution in [3.05, 3.63) is 45.4 Å². The summed E-state index contributed by atoms with van der Waals surface area (Å²) < 4.78 is 4.54. The lowest BCUT2D eigenvalue weighted by Crippen LogP contribution is -2.52. The summed E-state index contributed by atoms with van der Waals surface area (Å²) in [6.07, 6.45) is 18.5. The molecule has 126 valence electrons. The lowest BCUT2D eigenvalue weighted by Gasteiger charge is -2.07. The molecular formula is C20H24I2N2+2. The van der Waals surface area contributed by atoms with Gasteiger partial charge in [0.1, 0.15) is 14.1 Å². The Morgan fingerprint density at radius 2 is 1.00 bits per heavy atom. The van der Waals surface area contributed by atoms with Crippen molar-refractivity contribution in [3.8, 4) is 11.4 Å². The molecule has 0 radical (unpaired) electrons. The van der Waals surface area contributed by atoms with Crippen LogP contribution in [0.3, 0.4) is 0 Å². The van der Waals surface area contributed by atoms with E-state index in [-0.39, 0.29) is 48.0 Å². The summed E-state index contributed by atoms with van der Waals surface area (Å²) in [6, 6.07) is 4.47. The van der Waals surface area contributed by atoms with Gasteiger partial charge in [0.25, 0.3) is 11.4 Å². The molecule has 2 nitrogen and oxygen atoms in total. The maximum absolute atomic E-state index is 2.40. The quantitative estimate of drug-likeness (QED) is 0.372. The zero-order valence-corrected chi connectivity index (χ0v) is 18.8. The summed E-state index contributed by atoms with van der Waals surface area (Å²) in [5, 5.41) is 5.52. The number of nitrogens with zero attached hydrogens (tertiary/aromatic N) is 2. The first-order chi connectivity index (χ1) is 10.8. The molecule has 4 rings (SSSR count). The third-order valence-electron chi connectivity index (χ3n) is 4.78. The molecule has 2 aliphatic carbocycles. The number of hydrogen-bond acceptors (Lipinski definition) is 0. The predicted molar refractivity (Wildman–Crippen MR) is 120 cm³/mol. The van der Waals surface area contributed by atoms with E-state index in [9.17, 15) is 0 Å². The third-order valence-corrected chi connectivity index (χ3v) is 4.78. The molecular weight excluding hydrogens is 522 g/mol. The van der Waals surface area contributed by atoms with E-state index in [4.69, 9.17) is 0 Å². The number of hydrogen-bond donors (Lipinski definition) is 0. The summed E-state index contributed by atoms with van der Waals surface area (Å²) in [5.74, 6) is 0. The van der Waals surface area contributed by atoms with Gasteiger partial charge in [0.15, 0.2) is 12.4 Å². The van der Waals surface area contributed by atoms with E-state index in [0.717, 1.165) is 25.7 Å². The van der Waals surface area contributed by atoms with Crippen LogP contribution in [0.4, 0.5) is 0 Å². The van der Waals surface area contributed by atoms with Crippen LogP contribution in [-0.2, 0) is 14.1 Å². The first-order valence-electron chi connectivity index (χ1n) is 8.14. The van der Waals surface area contributed by atoms with Gasteiger partial charge in [0, 0.05) is 12.1 Å². The zero-order valence-electron chi connectivity index (χ0n) is 14.2. The van der Waals surface area contributed by atoms with Crippen molar-refractivity contribution in [2.24, 2.45) is 14.1 Å². The Balaban J connectivity index is 0.00000104. The molecule has 4 heteroatoms. The van der Waals surface area contributed by atoms with E-state index < -0.39 is 0 Å². The van der Waals surface area contributed by atoms with Crippen LogP contribution >= 0.6 is 48.0 Å². The lowest BCUT2D eigenvalue weighted by atomic mass is 10.0. The molecule has 2 aromatic rings. The highest BCUT2D eigenvalue weighted by Gasteiger charge is 2.24. The number of aryl methyl sites for hydroxylation is 2. The van der Waals surface area contributed by atoms with Gasteiger partial charge < -0.3 is 0 Å². The van der Waals surface area contributed by atoms with Crippen LogP contribution in [0, 0.1) is 0 Å². The topological polar surface area (TPSA) is 7.76 Å². The van der Waals surface area contributed by atoms with Crippen molar-refractivity contribution in [1.82, 2.24) is 0 Å². The fraction of sp³-hybridized carbons (Fsp3) is 0.300. The van der Waals surface area contributed by atoms with Gasteiger partial charge in [0.05, 0.1) is 10.4 Å². The van der Waals surface area contributed by atoms with Crippen molar-refractivity contribution in [2.75, 3.05) is 0 Å². The second kappa shape index (κ2) is 8.08. The van der Waals surface area contributed by atoms with Crippen molar-refractivity contribution < 1.29 is 9.13 Å². The fourth-order valence-electron chi connectivity index (χ4n) is 3.67. The molecule has 0 spiro atoms. The van der Waals surface area contributed by atoms with Crippen LogP contribution in [0.1, 0.15) is 25.7 Å². The van der Waals surface area contributed by atoms with Crippen LogP contribution in [0.5, 0.6) is 0 Å². The van der Waals surface area contributed by atoms with Gasteiger partial charge in [-0.2, -0.15) is 9.13 Å². The molecule has 0 N–H and O–H groups in total. The molecule has 0 bridgehead atoms. The number of rotatable bonds is 1.